The van der Waals surface area contributed by atoms with Crippen molar-refractivity contribution in [1.82, 2.24) is 4.98 Å². The van der Waals surface area contributed by atoms with Gasteiger partial charge in [-0.15, -0.1) is 0 Å². The molecule has 0 radical (unpaired) electrons. The minimum atomic E-state index is -0.225. The molecule has 2 aromatic rings. The van der Waals surface area contributed by atoms with Crippen molar-refractivity contribution in [2.24, 2.45) is 5.73 Å². The molecule has 0 saturated heterocycles. The molecule has 4 nitrogen and oxygen atoms in total. The van der Waals surface area contributed by atoms with Gasteiger partial charge in [-0.1, -0.05) is 18.2 Å². The highest BCUT2D eigenvalue weighted by molar-refractivity contribution is 5.50. The second-order valence-corrected chi connectivity index (χ2v) is 5.91. The fraction of sp³-hybridized carbons (Fsp3) is 0.353. The van der Waals surface area contributed by atoms with E-state index in [0.717, 1.165) is 23.5 Å². The van der Waals surface area contributed by atoms with Crippen LogP contribution in [0.25, 0.3) is 0 Å². The molecule has 4 heteroatoms. The lowest BCUT2D eigenvalue weighted by atomic mass is 10.0. The number of hydrogen-bond acceptors (Lipinski definition) is 4. The molecule has 0 amide bonds. The molecule has 0 fully saturated rings. The van der Waals surface area contributed by atoms with Crippen LogP contribution in [0.5, 0.6) is 11.5 Å². The number of para-hydroxylation sites is 1. The van der Waals surface area contributed by atoms with E-state index in [-0.39, 0.29) is 11.7 Å². The number of nitrogens with zero attached hydrogens (tertiary/aromatic N) is 1. The zero-order chi connectivity index (χ0) is 14.9. The first-order valence-electron chi connectivity index (χ1n) is 7.16. The molecule has 2 N–H and O–H groups in total. The largest absolute Gasteiger partial charge is 0.483 e. The van der Waals surface area contributed by atoms with Crippen molar-refractivity contribution in [2.75, 3.05) is 6.54 Å². The molecular formula is C17H20N2O2. The van der Waals surface area contributed by atoms with Crippen LogP contribution in [0.3, 0.4) is 0 Å². The Morgan fingerprint density at radius 2 is 2.19 bits per heavy atom. The summed E-state index contributed by atoms with van der Waals surface area (Å²) in [5.41, 5.74) is 7.82. The Bertz CT molecular complexity index is 626. The summed E-state index contributed by atoms with van der Waals surface area (Å²) < 4.78 is 12.1. The normalized spacial score (nSPS) is 16.9. The summed E-state index contributed by atoms with van der Waals surface area (Å²) in [6.45, 7) is 4.55. The van der Waals surface area contributed by atoms with Crippen molar-refractivity contribution >= 4 is 0 Å². The molecule has 1 aliphatic rings. The van der Waals surface area contributed by atoms with Crippen LogP contribution in [0.2, 0.25) is 0 Å². The van der Waals surface area contributed by atoms with E-state index in [9.17, 15) is 0 Å². The molecule has 21 heavy (non-hydrogen) atoms. The van der Waals surface area contributed by atoms with Crippen LogP contribution in [0.15, 0.2) is 42.7 Å². The molecule has 1 aromatic carbocycles. The maximum absolute atomic E-state index is 6.10. The molecule has 0 aliphatic carbocycles. The highest BCUT2D eigenvalue weighted by Gasteiger charge is 2.32. The average Bonchev–Trinajstić information content (AvgIpc) is 2.80. The second-order valence-electron chi connectivity index (χ2n) is 5.91. The molecule has 0 bridgehead atoms. The Kier molecular flexibility index (Phi) is 3.55. The highest BCUT2D eigenvalue weighted by atomic mass is 16.5. The van der Waals surface area contributed by atoms with Crippen molar-refractivity contribution in [3.8, 4) is 11.5 Å². The van der Waals surface area contributed by atoms with E-state index in [1.807, 2.05) is 24.3 Å². The average molecular weight is 284 g/mol. The minimum absolute atomic E-state index is 0.186. The molecule has 1 atom stereocenters. The number of pyridine rings is 1. The molecular weight excluding hydrogens is 264 g/mol. The molecule has 0 saturated carbocycles. The molecule has 2 heterocycles. The number of benzene rings is 1. The Labute approximate surface area is 124 Å². The molecule has 110 valence electrons. The lowest BCUT2D eigenvalue weighted by molar-refractivity contribution is 0.126. The third kappa shape index (κ3) is 2.85. The van der Waals surface area contributed by atoms with E-state index in [2.05, 4.69) is 24.9 Å². The maximum atomic E-state index is 6.10. The quantitative estimate of drug-likeness (QED) is 0.938. The van der Waals surface area contributed by atoms with Gasteiger partial charge in [0.05, 0.1) is 0 Å². The van der Waals surface area contributed by atoms with Crippen LogP contribution < -0.4 is 15.2 Å². The maximum Gasteiger partial charge on any atom is 0.165 e. The van der Waals surface area contributed by atoms with Gasteiger partial charge >= 0.3 is 0 Å². The Morgan fingerprint density at radius 3 is 2.90 bits per heavy atom. The van der Waals surface area contributed by atoms with Gasteiger partial charge in [0.15, 0.2) is 11.5 Å². The lowest BCUT2D eigenvalue weighted by Crippen LogP contribution is -2.25. The predicted molar refractivity (Wildman–Crippen MR) is 81.5 cm³/mol. The second kappa shape index (κ2) is 5.37. The van der Waals surface area contributed by atoms with Crippen molar-refractivity contribution in [1.29, 1.82) is 0 Å². The summed E-state index contributed by atoms with van der Waals surface area (Å²) in [5.74, 6) is 1.59. The van der Waals surface area contributed by atoms with E-state index in [1.54, 1.807) is 12.4 Å². The van der Waals surface area contributed by atoms with Crippen LogP contribution >= 0.6 is 0 Å². The number of aromatic nitrogens is 1. The SMILES string of the molecule is CC1(C)Cc2cccc(OC(CN)c3cccnc3)c2O1. The van der Waals surface area contributed by atoms with Gasteiger partial charge in [0, 0.05) is 36.5 Å². The Balaban J connectivity index is 1.88. The number of fused-ring (bicyclic) bond motifs is 1. The minimum Gasteiger partial charge on any atom is -0.483 e. The monoisotopic (exact) mass is 284 g/mol. The third-order valence-electron chi connectivity index (χ3n) is 3.59. The van der Waals surface area contributed by atoms with Crippen LogP contribution in [0, 0.1) is 0 Å². The van der Waals surface area contributed by atoms with Crippen LogP contribution in [-0.2, 0) is 6.42 Å². The van der Waals surface area contributed by atoms with Gasteiger partial charge < -0.3 is 15.2 Å². The van der Waals surface area contributed by atoms with Gasteiger partial charge in [0.1, 0.15) is 11.7 Å². The highest BCUT2D eigenvalue weighted by Crippen LogP contribution is 2.42. The lowest BCUT2D eigenvalue weighted by Gasteiger charge is -2.21. The van der Waals surface area contributed by atoms with Gasteiger partial charge in [-0.25, -0.2) is 0 Å². The summed E-state index contributed by atoms with van der Waals surface area (Å²) in [6, 6.07) is 9.86. The summed E-state index contributed by atoms with van der Waals surface area (Å²) in [6.07, 6.45) is 4.19. The number of hydrogen-bond donors (Lipinski definition) is 1. The number of ether oxygens (including phenoxy) is 2. The summed E-state index contributed by atoms with van der Waals surface area (Å²) in [4.78, 5) is 4.12. The van der Waals surface area contributed by atoms with Gasteiger partial charge in [-0.3, -0.25) is 4.98 Å². The van der Waals surface area contributed by atoms with Crippen LogP contribution in [0.1, 0.15) is 31.1 Å². The molecule has 1 aliphatic heterocycles. The first kappa shape index (κ1) is 13.9. The van der Waals surface area contributed by atoms with Gasteiger partial charge in [-0.2, -0.15) is 0 Å². The first-order valence-corrected chi connectivity index (χ1v) is 7.16. The standard InChI is InChI=1S/C17H20N2O2/c1-17(2)9-12-5-3-7-14(16(12)21-17)20-15(10-18)13-6-4-8-19-11-13/h3-8,11,15H,9-10,18H2,1-2H3. The zero-order valence-electron chi connectivity index (χ0n) is 12.4. The fourth-order valence-corrected chi connectivity index (χ4v) is 2.65. The van der Waals surface area contributed by atoms with Crippen LogP contribution in [0.4, 0.5) is 0 Å². The Morgan fingerprint density at radius 1 is 1.33 bits per heavy atom. The predicted octanol–water partition coefficient (Wildman–Crippen LogP) is 2.87. The summed E-state index contributed by atoms with van der Waals surface area (Å²) in [7, 11) is 0. The van der Waals surface area contributed by atoms with E-state index < -0.39 is 0 Å². The van der Waals surface area contributed by atoms with Crippen molar-refractivity contribution < 1.29 is 9.47 Å². The molecule has 3 rings (SSSR count). The zero-order valence-corrected chi connectivity index (χ0v) is 12.4. The summed E-state index contributed by atoms with van der Waals surface area (Å²) in [5, 5.41) is 0. The van der Waals surface area contributed by atoms with Crippen molar-refractivity contribution in [2.45, 2.75) is 32.0 Å². The number of nitrogens with two attached hydrogens (primary N) is 1. The van der Waals surface area contributed by atoms with Gasteiger partial charge in [-0.05, 0) is 26.0 Å². The van der Waals surface area contributed by atoms with Gasteiger partial charge in [0.25, 0.3) is 0 Å². The topological polar surface area (TPSA) is 57.4 Å². The van der Waals surface area contributed by atoms with E-state index in [4.69, 9.17) is 15.2 Å². The summed E-state index contributed by atoms with van der Waals surface area (Å²) >= 11 is 0. The van der Waals surface area contributed by atoms with E-state index in [1.165, 1.54) is 5.56 Å². The Hall–Kier alpha value is -2.07. The molecule has 1 aromatic heterocycles. The van der Waals surface area contributed by atoms with Crippen LogP contribution in [-0.4, -0.2) is 17.1 Å². The van der Waals surface area contributed by atoms with E-state index in [0.29, 0.717) is 6.54 Å². The molecule has 1 unspecified atom stereocenters. The first-order chi connectivity index (χ1) is 10.1. The smallest absolute Gasteiger partial charge is 0.165 e. The number of rotatable bonds is 4. The van der Waals surface area contributed by atoms with E-state index >= 15 is 0 Å². The molecule has 0 spiro atoms. The van der Waals surface area contributed by atoms with Crippen molar-refractivity contribution in [3.05, 3.63) is 53.9 Å². The fourth-order valence-electron chi connectivity index (χ4n) is 2.65. The third-order valence-corrected chi connectivity index (χ3v) is 3.59. The van der Waals surface area contributed by atoms with Crippen molar-refractivity contribution in [3.63, 3.8) is 0 Å². The van der Waals surface area contributed by atoms with Gasteiger partial charge in [0.2, 0.25) is 0 Å².